The van der Waals surface area contributed by atoms with Gasteiger partial charge in [0.05, 0.1) is 29.5 Å². The molecule has 0 radical (unpaired) electrons. The third-order valence-corrected chi connectivity index (χ3v) is 6.51. The number of aromatic nitrogens is 1. The van der Waals surface area contributed by atoms with E-state index in [1.807, 2.05) is 11.8 Å². The molecule has 3 N–H and O–H groups in total. The molecule has 1 saturated heterocycles. The van der Waals surface area contributed by atoms with Crippen LogP contribution < -0.4 is 16.1 Å². The van der Waals surface area contributed by atoms with E-state index >= 15 is 4.39 Å². The number of nitrogens with two attached hydrogens (primary N) is 1. The van der Waals surface area contributed by atoms with Crippen LogP contribution in [0, 0.1) is 5.82 Å². The van der Waals surface area contributed by atoms with Crippen molar-refractivity contribution in [1.82, 2.24) is 4.57 Å². The molecule has 2 aliphatic rings. The minimum Gasteiger partial charge on any atom is -0.477 e. The number of benzene rings is 1. The fraction of sp³-hybridized carbons (Fsp3) is 0.522. The molecule has 32 heavy (non-hydrogen) atoms. The summed E-state index contributed by atoms with van der Waals surface area (Å²) in [6.07, 6.45) is 4.65. The number of piperidine rings is 1. The van der Waals surface area contributed by atoms with Crippen molar-refractivity contribution in [3.63, 3.8) is 0 Å². The number of carbonyl (C=O) groups excluding carboxylic acids is 1. The smallest absolute Gasteiger partial charge is 0.341 e. The molecule has 2 aliphatic heterocycles. The van der Waals surface area contributed by atoms with E-state index in [1.54, 1.807) is 11.5 Å². The SMILES string of the molecule is C[C@H]1CCc2c(N3CCC(OC[C@@](C)(N)C=O)CC3)c(F)cc3c(=O)c(C(=O)O)cn1c23. The maximum absolute atomic E-state index is 15.3. The number of rotatable bonds is 6. The number of carbonyl (C=O) groups is 2. The molecule has 8 nitrogen and oxygen atoms in total. The van der Waals surface area contributed by atoms with Crippen molar-refractivity contribution in [1.29, 1.82) is 0 Å². The third-order valence-electron chi connectivity index (χ3n) is 6.51. The number of carboxylic acid groups (broad SMARTS) is 1. The molecule has 0 bridgehead atoms. The van der Waals surface area contributed by atoms with Crippen molar-refractivity contribution in [2.75, 3.05) is 24.6 Å². The summed E-state index contributed by atoms with van der Waals surface area (Å²) in [5.41, 5.74) is 5.65. The second-order valence-corrected chi connectivity index (χ2v) is 9.17. The largest absolute Gasteiger partial charge is 0.477 e. The molecule has 3 heterocycles. The highest BCUT2D eigenvalue weighted by atomic mass is 19.1. The number of hydrogen-bond acceptors (Lipinski definition) is 6. The van der Waals surface area contributed by atoms with Gasteiger partial charge in [-0.15, -0.1) is 0 Å². The van der Waals surface area contributed by atoms with Crippen LogP contribution in [0.1, 0.15) is 55.1 Å². The van der Waals surface area contributed by atoms with Gasteiger partial charge in [-0.05, 0) is 45.6 Å². The first-order valence-electron chi connectivity index (χ1n) is 10.9. The molecule has 2 aromatic rings. The lowest BCUT2D eigenvalue weighted by Crippen LogP contribution is -2.46. The van der Waals surface area contributed by atoms with Crippen LogP contribution in [-0.4, -0.2) is 53.3 Å². The Morgan fingerprint density at radius 2 is 2.06 bits per heavy atom. The van der Waals surface area contributed by atoms with Crippen LogP contribution in [-0.2, 0) is 16.0 Å². The lowest BCUT2D eigenvalue weighted by Gasteiger charge is -2.37. The van der Waals surface area contributed by atoms with E-state index < -0.39 is 22.8 Å². The first-order chi connectivity index (χ1) is 15.1. The quantitative estimate of drug-likeness (QED) is 0.656. The molecule has 1 aromatic heterocycles. The molecule has 0 aliphatic carbocycles. The van der Waals surface area contributed by atoms with Gasteiger partial charge < -0.3 is 29.8 Å². The molecule has 1 aromatic carbocycles. The number of halogens is 1. The highest BCUT2D eigenvalue weighted by molar-refractivity contribution is 5.95. The Bertz CT molecular complexity index is 1130. The zero-order valence-corrected chi connectivity index (χ0v) is 18.3. The molecule has 2 atom stereocenters. The Kier molecular flexibility index (Phi) is 5.81. The summed E-state index contributed by atoms with van der Waals surface area (Å²) < 4.78 is 22.9. The summed E-state index contributed by atoms with van der Waals surface area (Å²) in [5, 5.41) is 9.54. The number of aldehydes is 1. The first-order valence-corrected chi connectivity index (χ1v) is 10.9. The minimum atomic E-state index is -1.31. The van der Waals surface area contributed by atoms with Gasteiger partial charge in [-0.3, -0.25) is 4.79 Å². The van der Waals surface area contributed by atoms with E-state index in [1.165, 1.54) is 12.3 Å². The number of pyridine rings is 1. The lowest BCUT2D eigenvalue weighted by molar-refractivity contribution is -0.114. The summed E-state index contributed by atoms with van der Waals surface area (Å²) >= 11 is 0. The first kappa shape index (κ1) is 22.4. The summed E-state index contributed by atoms with van der Waals surface area (Å²) in [7, 11) is 0. The van der Waals surface area contributed by atoms with Crippen molar-refractivity contribution in [2.24, 2.45) is 5.73 Å². The molecule has 0 spiro atoms. The fourth-order valence-electron chi connectivity index (χ4n) is 4.71. The normalized spacial score (nSPS) is 20.9. The summed E-state index contributed by atoms with van der Waals surface area (Å²) in [4.78, 5) is 37.3. The van der Waals surface area contributed by atoms with Crippen LogP contribution in [0.15, 0.2) is 17.1 Å². The molecular weight excluding hydrogens is 417 g/mol. The Morgan fingerprint density at radius 3 is 2.69 bits per heavy atom. The zero-order valence-electron chi connectivity index (χ0n) is 18.3. The van der Waals surface area contributed by atoms with Crippen LogP contribution in [0.2, 0.25) is 0 Å². The number of aryl methyl sites for hydroxylation is 1. The maximum Gasteiger partial charge on any atom is 0.341 e. The van der Waals surface area contributed by atoms with Gasteiger partial charge in [0.15, 0.2) is 0 Å². The summed E-state index contributed by atoms with van der Waals surface area (Å²) in [6.45, 7) is 4.84. The molecular formula is C23H28FN3O5. The lowest BCUT2D eigenvalue weighted by atomic mass is 9.93. The summed E-state index contributed by atoms with van der Waals surface area (Å²) in [6, 6.07) is 1.19. The average Bonchev–Trinajstić information content (AvgIpc) is 2.76. The van der Waals surface area contributed by atoms with Crippen molar-refractivity contribution in [3.8, 4) is 0 Å². The van der Waals surface area contributed by atoms with Gasteiger partial charge in [0.2, 0.25) is 5.43 Å². The van der Waals surface area contributed by atoms with Crippen LogP contribution in [0.4, 0.5) is 10.1 Å². The van der Waals surface area contributed by atoms with Gasteiger partial charge in [0, 0.05) is 36.3 Å². The van der Waals surface area contributed by atoms with Gasteiger partial charge in [0.1, 0.15) is 17.7 Å². The monoisotopic (exact) mass is 445 g/mol. The van der Waals surface area contributed by atoms with Gasteiger partial charge in [0.25, 0.3) is 0 Å². The fourth-order valence-corrected chi connectivity index (χ4v) is 4.71. The Labute approximate surface area is 184 Å². The molecule has 0 amide bonds. The van der Waals surface area contributed by atoms with E-state index in [9.17, 15) is 19.5 Å². The van der Waals surface area contributed by atoms with Gasteiger partial charge in [-0.25, -0.2) is 9.18 Å². The van der Waals surface area contributed by atoms with Crippen molar-refractivity contribution < 1.29 is 23.8 Å². The molecule has 172 valence electrons. The highest BCUT2D eigenvalue weighted by Gasteiger charge is 2.31. The standard InChI is InChI=1S/C23H28FN3O5/c1-13-3-4-15-19-16(21(29)17(22(30)31)10-27(13)19)9-18(24)20(15)26-7-5-14(6-8-26)32-12-23(2,25)11-28/h9-11,13-14H,3-8,12,25H2,1-2H3,(H,30,31)/t13-,23-/m0/s1. The van der Waals surface area contributed by atoms with E-state index in [2.05, 4.69) is 0 Å². The van der Waals surface area contributed by atoms with Crippen LogP contribution in [0.5, 0.6) is 0 Å². The number of ether oxygens (including phenoxy) is 1. The van der Waals surface area contributed by atoms with E-state index in [0.717, 1.165) is 12.0 Å². The van der Waals surface area contributed by atoms with Crippen molar-refractivity contribution in [3.05, 3.63) is 39.4 Å². The number of nitrogens with zero attached hydrogens (tertiary/aromatic N) is 2. The molecule has 4 rings (SSSR count). The Balaban J connectivity index is 1.68. The number of hydrogen-bond donors (Lipinski definition) is 2. The highest BCUT2D eigenvalue weighted by Crippen LogP contribution is 2.39. The average molecular weight is 445 g/mol. The van der Waals surface area contributed by atoms with E-state index in [0.29, 0.717) is 49.8 Å². The van der Waals surface area contributed by atoms with Gasteiger partial charge in [-0.2, -0.15) is 0 Å². The van der Waals surface area contributed by atoms with Gasteiger partial charge >= 0.3 is 5.97 Å². The molecule has 0 unspecified atom stereocenters. The van der Waals surface area contributed by atoms with Gasteiger partial charge in [-0.1, -0.05) is 0 Å². The van der Waals surface area contributed by atoms with E-state index in [-0.39, 0.29) is 29.7 Å². The van der Waals surface area contributed by atoms with Crippen molar-refractivity contribution >= 4 is 28.8 Å². The van der Waals surface area contributed by atoms with Crippen LogP contribution in [0.3, 0.4) is 0 Å². The van der Waals surface area contributed by atoms with E-state index in [4.69, 9.17) is 10.5 Å². The minimum absolute atomic E-state index is 0.00420. The molecule has 0 saturated carbocycles. The zero-order chi connectivity index (χ0) is 23.2. The maximum atomic E-state index is 15.3. The summed E-state index contributed by atoms with van der Waals surface area (Å²) in [5.74, 6) is -1.82. The Hall–Kier alpha value is -2.78. The topological polar surface area (TPSA) is 115 Å². The number of aromatic carboxylic acids is 1. The van der Waals surface area contributed by atoms with Crippen molar-refractivity contribution in [2.45, 2.75) is 57.2 Å². The predicted molar refractivity (Wildman–Crippen MR) is 118 cm³/mol. The second-order valence-electron chi connectivity index (χ2n) is 9.17. The van der Waals surface area contributed by atoms with Crippen LogP contribution in [0.25, 0.3) is 10.9 Å². The predicted octanol–water partition coefficient (Wildman–Crippen LogP) is 2.25. The number of anilines is 1. The Morgan fingerprint density at radius 1 is 1.38 bits per heavy atom. The third kappa shape index (κ3) is 3.91. The molecule has 9 heteroatoms. The second kappa shape index (κ2) is 8.29. The molecule has 1 fully saturated rings. The van der Waals surface area contributed by atoms with Crippen LogP contribution >= 0.6 is 0 Å². The number of carboxylic acids is 1.